The molecule has 0 bridgehead atoms. The van der Waals surface area contributed by atoms with Crippen LogP contribution < -0.4 is 10.2 Å². The molecule has 1 aromatic rings. The Morgan fingerprint density at radius 2 is 2.05 bits per heavy atom. The lowest BCUT2D eigenvalue weighted by Crippen LogP contribution is -2.39. The highest BCUT2D eigenvalue weighted by molar-refractivity contribution is 5.97. The van der Waals surface area contributed by atoms with Gasteiger partial charge in [0.2, 0.25) is 11.8 Å². The Morgan fingerprint density at radius 3 is 2.53 bits per heavy atom. The van der Waals surface area contributed by atoms with Crippen molar-refractivity contribution in [2.24, 2.45) is 0 Å². The number of hydrogen-bond donors (Lipinski definition) is 1. The van der Waals surface area contributed by atoms with Gasteiger partial charge in [0.05, 0.1) is 11.6 Å². The van der Waals surface area contributed by atoms with Crippen molar-refractivity contribution in [3.05, 3.63) is 42.5 Å². The van der Waals surface area contributed by atoms with E-state index < -0.39 is 0 Å². The summed E-state index contributed by atoms with van der Waals surface area (Å²) >= 11 is 0. The Morgan fingerprint density at radius 1 is 1.42 bits per heavy atom. The maximum atomic E-state index is 11.6. The fourth-order valence-electron chi connectivity index (χ4n) is 1.49. The van der Waals surface area contributed by atoms with Gasteiger partial charge in [0.1, 0.15) is 6.54 Å². The van der Waals surface area contributed by atoms with Gasteiger partial charge in [-0.2, -0.15) is 5.26 Å². The number of benzene rings is 1. The third-order valence-electron chi connectivity index (χ3n) is 2.43. The molecule has 0 saturated carbocycles. The molecule has 5 heteroatoms. The summed E-state index contributed by atoms with van der Waals surface area (Å²) in [6.45, 7) is 5.18. The zero-order chi connectivity index (χ0) is 14.3. The molecule has 0 aliphatic rings. The van der Waals surface area contributed by atoms with E-state index in [2.05, 4.69) is 11.9 Å². The summed E-state index contributed by atoms with van der Waals surface area (Å²) in [7, 11) is 0. The van der Waals surface area contributed by atoms with Gasteiger partial charge in [-0.15, -0.1) is 6.58 Å². The molecular formula is C14H15N3O2. The van der Waals surface area contributed by atoms with E-state index in [4.69, 9.17) is 5.26 Å². The van der Waals surface area contributed by atoms with Gasteiger partial charge in [0, 0.05) is 19.2 Å². The summed E-state index contributed by atoms with van der Waals surface area (Å²) in [5.41, 5.74) is 1.09. The van der Waals surface area contributed by atoms with E-state index in [0.717, 1.165) is 0 Å². The fraction of sp³-hybridized carbons (Fsp3) is 0.214. The van der Waals surface area contributed by atoms with Gasteiger partial charge in [-0.25, -0.2) is 0 Å². The second kappa shape index (κ2) is 6.97. The molecule has 0 aliphatic carbocycles. The molecule has 19 heavy (non-hydrogen) atoms. The Labute approximate surface area is 112 Å². The normalized spacial score (nSPS) is 9.26. The number of amides is 2. The molecule has 1 aromatic carbocycles. The molecule has 0 unspecified atom stereocenters. The molecule has 98 valence electrons. The predicted octanol–water partition coefficient (Wildman–Crippen LogP) is 1.21. The van der Waals surface area contributed by atoms with Crippen LogP contribution in [-0.4, -0.2) is 24.9 Å². The van der Waals surface area contributed by atoms with Crippen LogP contribution in [0.1, 0.15) is 12.5 Å². The summed E-state index contributed by atoms with van der Waals surface area (Å²) in [6.07, 6.45) is 1.57. The van der Waals surface area contributed by atoms with E-state index in [0.29, 0.717) is 17.8 Å². The highest BCUT2D eigenvalue weighted by Crippen LogP contribution is 2.15. The van der Waals surface area contributed by atoms with Crippen LogP contribution in [0.25, 0.3) is 0 Å². The van der Waals surface area contributed by atoms with E-state index in [1.165, 1.54) is 11.8 Å². The van der Waals surface area contributed by atoms with Crippen LogP contribution >= 0.6 is 0 Å². The Bertz CT molecular complexity index is 514. The second-order valence-electron chi connectivity index (χ2n) is 3.86. The minimum absolute atomic E-state index is 0.0604. The monoisotopic (exact) mass is 257 g/mol. The smallest absolute Gasteiger partial charge is 0.240 e. The number of rotatable bonds is 5. The molecule has 1 rings (SSSR count). The van der Waals surface area contributed by atoms with Crippen molar-refractivity contribution in [3.8, 4) is 6.07 Å². The molecule has 0 aromatic heterocycles. The van der Waals surface area contributed by atoms with Crippen molar-refractivity contribution in [3.63, 3.8) is 0 Å². The Balaban J connectivity index is 2.82. The SMILES string of the molecule is C=CCNC(=O)CN(C(C)=O)c1ccc(C#N)cc1. The first-order chi connectivity index (χ1) is 9.08. The quantitative estimate of drug-likeness (QED) is 0.806. The van der Waals surface area contributed by atoms with Crippen molar-refractivity contribution in [2.45, 2.75) is 6.92 Å². The Kier molecular flexibility index (Phi) is 5.30. The third kappa shape index (κ3) is 4.28. The van der Waals surface area contributed by atoms with Crippen LogP contribution in [0.4, 0.5) is 5.69 Å². The molecule has 0 spiro atoms. The number of hydrogen-bond acceptors (Lipinski definition) is 3. The molecule has 0 fully saturated rings. The van der Waals surface area contributed by atoms with Crippen LogP contribution in [0.2, 0.25) is 0 Å². The van der Waals surface area contributed by atoms with Crippen molar-refractivity contribution in [1.82, 2.24) is 5.32 Å². The van der Waals surface area contributed by atoms with E-state index in [-0.39, 0.29) is 18.4 Å². The first-order valence-corrected chi connectivity index (χ1v) is 5.74. The number of carbonyl (C=O) groups excluding carboxylic acids is 2. The lowest BCUT2D eigenvalue weighted by molar-refractivity contribution is -0.122. The summed E-state index contributed by atoms with van der Waals surface area (Å²) in [5, 5.41) is 11.3. The summed E-state index contributed by atoms with van der Waals surface area (Å²) in [5.74, 6) is -0.502. The summed E-state index contributed by atoms with van der Waals surface area (Å²) in [6, 6.07) is 8.48. The van der Waals surface area contributed by atoms with E-state index in [9.17, 15) is 9.59 Å². The highest BCUT2D eigenvalue weighted by Gasteiger charge is 2.15. The topological polar surface area (TPSA) is 73.2 Å². The lowest BCUT2D eigenvalue weighted by Gasteiger charge is -2.20. The minimum Gasteiger partial charge on any atom is -0.351 e. The van der Waals surface area contributed by atoms with E-state index >= 15 is 0 Å². The molecule has 0 radical (unpaired) electrons. The molecule has 0 heterocycles. The van der Waals surface area contributed by atoms with Crippen LogP contribution in [-0.2, 0) is 9.59 Å². The van der Waals surface area contributed by atoms with E-state index in [1.807, 2.05) is 6.07 Å². The average Bonchev–Trinajstić information content (AvgIpc) is 2.42. The van der Waals surface area contributed by atoms with Crippen LogP contribution in [0.5, 0.6) is 0 Å². The number of anilines is 1. The summed E-state index contributed by atoms with van der Waals surface area (Å²) < 4.78 is 0. The zero-order valence-electron chi connectivity index (χ0n) is 10.7. The van der Waals surface area contributed by atoms with Crippen LogP contribution in [0.3, 0.4) is 0 Å². The number of nitrogens with zero attached hydrogens (tertiary/aromatic N) is 2. The van der Waals surface area contributed by atoms with Gasteiger partial charge in [-0.05, 0) is 24.3 Å². The van der Waals surface area contributed by atoms with Gasteiger partial charge in [0.25, 0.3) is 0 Å². The molecular weight excluding hydrogens is 242 g/mol. The van der Waals surface area contributed by atoms with Crippen molar-refractivity contribution in [1.29, 1.82) is 5.26 Å². The van der Waals surface area contributed by atoms with Crippen LogP contribution in [0.15, 0.2) is 36.9 Å². The molecule has 0 saturated heterocycles. The zero-order valence-corrected chi connectivity index (χ0v) is 10.7. The highest BCUT2D eigenvalue weighted by atomic mass is 16.2. The predicted molar refractivity (Wildman–Crippen MR) is 72.4 cm³/mol. The van der Waals surface area contributed by atoms with Gasteiger partial charge in [-0.1, -0.05) is 6.08 Å². The number of nitriles is 1. The summed E-state index contributed by atoms with van der Waals surface area (Å²) in [4.78, 5) is 24.5. The van der Waals surface area contributed by atoms with Crippen molar-refractivity contribution >= 4 is 17.5 Å². The number of nitrogens with one attached hydrogen (secondary N) is 1. The number of carbonyl (C=O) groups is 2. The van der Waals surface area contributed by atoms with Gasteiger partial charge >= 0.3 is 0 Å². The second-order valence-corrected chi connectivity index (χ2v) is 3.86. The first kappa shape index (κ1) is 14.5. The average molecular weight is 257 g/mol. The van der Waals surface area contributed by atoms with Crippen LogP contribution in [0, 0.1) is 11.3 Å². The Hall–Kier alpha value is -2.61. The molecule has 1 N–H and O–H groups in total. The standard InChI is InChI=1S/C14H15N3O2/c1-3-8-16-14(19)10-17(11(2)18)13-6-4-12(9-15)5-7-13/h3-7H,1,8,10H2,2H3,(H,16,19). The fourth-order valence-corrected chi connectivity index (χ4v) is 1.49. The molecule has 2 amide bonds. The van der Waals surface area contributed by atoms with Gasteiger partial charge in [0.15, 0.2) is 0 Å². The first-order valence-electron chi connectivity index (χ1n) is 5.74. The maximum absolute atomic E-state index is 11.6. The molecule has 0 aliphatic heterocycles. The largest absolute Gasteiger partial charge is 0.351 e. The van der Waals surface area contributed by atoms with E-state index in [1.54, 1.807) is 30.3 Å². The lowest BCUT2D eigenvalue weighted by atomic mass is 10.2. The van der Waals surface area contributed by atoms with Gasteiger partial charge in [-0.3, -0.25) is 9.59 Å². The minimum atomic E-state index is -0.264. The van der Waals surface area contributed by atoms with Gasteiger partial charge < -0.3 is 10.2 Å². The molecule has 5 nitrogen and oxygen atoms in total. The maximum Gasteiger partial charge on any atom is 0.240 e. The third-order valence-corrected chi connectivity index (χ3v) is 2.43. The molecule has 0 atom stereocenters. The van der Waals surface area contributed by atoms with Crippen molar-refractivity contribution in [2.75, 3.05) is 18.0 Å². The van der Waals surface area contributed by atoms with Crippen molar-refractivity contribution < 1.29 is 9.59 Å².